The number of ether oxygens (including phenoxy) is 3. The van der Waals surface area contributed by atoms with Gasteiger partial charge in [0.15, 0.2) is 18.1 Å². The third-order valence-corrected chi connectivity index (χ3v) is 5.01. The molecule has 3 aromatic rings. The summed E-state index contributed by atoms with van der Waals surface area (Å²) in [6, 6.07) is 22.0. The Labute approximate surface area is 180 Å². The van der Waals surface area contributed by atoms with Gasteiger partial charge in [-0.15, -0.1) is 0 Å². The van der Waals surface area contributed by atoms with E-state index in [9.17, 15) is 9.59 Å². The maximum absolute atomic E-state index is 12.6. The molecule has 0 unspecified atom stereocenters. The predicted molar refractivity (Wildman–Crippen MR) is 116 cm³/mol. The largest absolute Gasteiger partial charge is 0.486 e. The van der Waals surface area contributed by atoms with Gasteiger partial charge in [0.1, 0.15) is 13.2 Å². The minimum Gasteiger partial charge on any atom is -0.486 e. The number of esters is 1. The number of carbonyl (C=O) groups is 2. The molecule has 0 saturated carbocycles. The summed E-state index contributed by atoms with van der Waals surface area (Å²) in [5.74, 6) is 0.433. The van der Waals surface area contributed by atoms with Crippen LogP contribution in [0.5, 0.6) is 11.5 Å². The number of hydrogen-bond acceptors (Lipinski definition) is 5. The first-order chi connectivity index (χ1) is 15.1. The minimum atomic E-state index is -0.540. The van der Waals surface area contributed by atoms with Gasteiger partial charge >= 0.3 is 5.97 Å². The van der Waals surface area contributed by atoms with Crippen LogP contribution in [0.3, 0.4) is 0 Å². The molecule has 1 heterocycles. The Hall–Kier alpha value is -3.80. The fourth-order valence-corrected chi connectivity index (χ4v) is 3.44. The Morgan fingerprint density at radius 2 is 1.65 bits per heavy atom. The lowest BCUT2D eigenvalue weighted by atomic mass is 10.00. The van der Waals surface area contributed by atoms with E-state index in [-0.39, 0.29) is 18.6 Å². The van der Waals surface area contributed by atoms with Crippen molar-refractivity contribution < 1.29 is 23.8 Å². The van der Waals surface area contributed by atoms with E-state index >= 15 is 0 Å². The summed E-state index contributed by atoms with van der Waals surface area (Å²) in [5.41, 5.74) is 2.96. The fraction of sp³-hybridized carbons (Fsp3) is 0.200. The van der Waals surface area contributed by atoms with Crippen LogP contribution in [0.4, 0.5) is 0 Å². The van der Waals surface area contributed by atoms with E-state index in [2.05, 4.69) is 5.32 Å². The molecule has 1 aliphatic rings. The van der Waals surface area contributed by atoms with E-state index in [1.54, 1.807) is 12.1 Å². The van der Waals surface area contributed by atoms with Crippen LogP contribution < -0.4 is 14.8 Å². The zero-order valence-corrected chi connectivity index (χ0v) is 17.2. The maximum atomic E-state index is 12.6. The number of hydrogen-bond donors (Lipinski definition) is 1. The molecule has 0 bridgehead atoms. The van der Waals surface area contributed by atoms with Crippen LogP contribution in [-0.2, 0) is 9.53 Å². The van der Waals surface area contributed by atoms with Crippen LogP contribution in [0.25, 0.3) is 11.1 Å². The van der Waals surface area contributed by atoms with Crippen LogP contribution in [-0.4, -0.2) is 31.7 Å². The number of benzene rings is 3. The van der Waals surface area contributed by atoms with Crippen molar-refractivity contribution in [1.82, 2.24) is 5.32 Å². The van der Waals surface area contributed by atoms with E-state index in [0.717, 1.165) is 16.7 Å². The molecular weight excluding hydrogens is 394 g/mol. The number of carbonyl (C=O) groups excluding carboxylic acids is 2. The van der Waals surface area contributed by atoms with Gasteiger partial charge in [-0.1, -0.05) is 54.6 Å². The predicted octanol–water partition coefficient (Wildman–Crippen LogP) is 4.16. The van der Waals surface area contributed by atoms with Crippen molar-refractivity contribution in [3.05, 3.63) is 83.9 Å². The highest BCUT2D eigenvalue weighted by Crippen LogP contribution is 2.32. The molecule has 1 atom stereocenters. The average molecular weight is 417 g/mol. The third kappa shape index (κ3) is 4.86. The molecular formula is C25H23NO5. The lowest BCUT2D eigenvalue weighted by Crippen LogP contribution is -2.31. The smallest absolute Gasteiger partial charge is 0.339 e. The van der Waals surface area contributed by atoms with Gasteiger partial charge in [-0.05, 0) is 41.8 Å². The molecule has 3 aromatic carbocycles. The van der Waals surface area contributed by atoms with Gasteiger partial charge in [0.25, 0.3) is 5.91 Å². The maximum Gasteiger partial charge on any atom is 0.339 e. The molecule has 0 aromatic heterocycles. The van der Waals surface area contributed by atoms with E-state index < -0.39 is 5.97 Å². The Bertz CT molecular complexity index is 1080. The van der Waals surface area contributed by atoms with E-state index in [1.807, 2.05) is 67.6 Å². The molecule has 0 spiro atoms. The summed E-state index contributed by atoms with van der Waals surface area (Å²) < 4.78 is 16.4. The normalized spacial score (nSPS) is 13.2. The molecule has 0 fully saturated rings. The van der Waals surface area contributed by atoms with Crippen molar-refractivity contribution in [2.24, 2.45) is 0 Å². The van der Waals surface area contributed by atoms with Gasteiger partial charge in [-0.3, -0.25) is 4.79 Å². The molecule has 1 aliphatic heterocycles. The Kier molecular flexibility index (Phi) is 6.17. The van der Waals surface area contributed by atoms with Crippen LogP contribution in [0.1, 0.15) is 28.9 Å². The molecule has 0 saturated heterocycles. The lowest BCUT2D eigenvalue weighted by molar-refractivity contribution is -0.124. The van der Waals surface area contributed by atoms with E-state index in [0.29, 0.717) is 30.3 Å². The van der Waals surface area contributed by atoms with Gasteiger partial charge < -0.3 is 19.5 Å². The van der Waals surface area contributed by atoms with Gasteiger partial charge in [-0.25, -0.2) is 4.79 Å². The third-order valence-electron chi connectivity index (χ3n) is 5.01. The zero-order chi connectivity index (χ0) is 21.6. The Balaban J connectivity index is 1.37. The standard InChI is InChI=1S/C25H23NO5/c1-17(19-11-12-22-23(15-19)30-14-13-29-22)26-24(27)16-31-25(28)21-10-6-5-9-20(21)18-7-3-2-4-8-18/h2-12,15,17H,13-14,16H2,1H3,(H,26,27)/t17-/m1/s1. The summed E-state index contributed by atoms with van der Waals surface area (Å²) in [6.07, 6.45) is 0. The minimum absolute atomic E-state index is 0.279. The first-order valence-corrected chi connectivity index (χ1v) is 10.1. The molecule has 0 radical (unpaired) electrons. The topological polar surface area (TPSA) is 73.9 Å². The van der Waals surface area contributed by atoms with Gasteiger partial charge in [0, 0.05) is 0 Å². The van der Waals surface area contributed by atoms with Crippen molar-refractivity contribution in [3.8, 4) is 22.6 Å². The molecule has 0 aliphatic carbocycles. The number of nitrogens with one attached hydrogen (secondary N) is 1. The second-order valence-corrected chi connectivity index (χ2v) is 7.18. The van der Waals surface area contributed by atoms with E-state index in [4.69, 9.17) is 14.2 Å². The second kappa shape index (κ2) is 9.34. The van der Waals surface area contributed by atoms with Crippen LogP contribution in [0.2, 0.25) is 0 Å². The monoisotopic (exact) mass is 417 g/mol. The summed E-state index contributed by atoms with van der Waals surface area (Å²) >= 11 is 0. The van der Waals surface area contributed by atoms with Crippen molar-refractivity contribution in [2.45, 2.75) is 13.0 Å². The molecule has 1 N–H and O–H groups in total. The highest BCUT2D eigenvalue weighted by atomic mass is 16.6. The molecule has 6 heteroatoms. The van der Waals surface area contributed by atoms with E-state index in [1.165, 1.54) is 0 Å². The SMILES string of the molecule is C[C@@H](NC(=O)COC(=O)c1ccccc1-c1ccccc1)c1ccc2c(c1)OCCO2. The first kappa shape index (κ1) is 20.5. The van der Waals surface area contributed by atoms with Gasteiger partial charge in [-0.2, -0.15) is 0 Å². The summed E-state index contributed by atoms with van der Waals surface area (Å²) in [4.78, 5) is 25.0. The summed E-state index contributed by atoms with van der Waals surface area (Å²) in [6.45, 7) is 2.52. The van der Waals surface area contributed by atoms with Crippen LogP contribution >= 0.6 is 0 Å². The number of fused-ring (bicyclic) bond motifs is 1. The van der Waals surface area contributed by atoms with Crippen molar-refractivity contribution in [2.75, 3.05) is 19.8 Å². The second-order valence-electron chi connectivity index (χ2n) is 7.18. The Morgan fingerprint density at radius 1 is 0.935 bits per heavy atom. The molecule has 1 amide bonds. The fourth-order valence-electron chi connectivity index (χ4n) is 3.44. The quantitative estimate of drug-likeness (QED) is 0.610. The number of amides is 1. The van der Waals surface area contributed by atoms with Crippen LogP contribution in [0, 0.1) is 0 Å². The molecule has 6 nitrogen and oxygen atoms in total. The molecule has 158 valence electrons. The average Bonchev–Trinajstić information content (AvgIpc) is 2.82. The lowest BCUT2D eigenvalue weighted by Gasteiger charge is -2.21. The molecule has 31 heavy (non-hydrogen) atoms. The highest BCUT2D eigenvalue weighted by molar-refractivity contribution is 5.98. The summed E-state index contributed by atoms with van der Waals surface area (Å²) in [7, 11) is 0. The van der Waals surface area contributed by atoms with Gasteiger partial charge in [0.2, 0.25) is 0 Å². The van der Waals surface area contributed by atoms with Crippen LogP contribution in [0.15, 0.2) is 72.8 Å². The number of rotatable bonds is 6. The molecule has 4 rings (SSSR count). The van der Waals surface area contributed by atoms with Crippen molar-refractivity contribution >= 4 is 11.9 Å². The highest BCUT2D eigenvalue weighted by Gasteiger charge is 2.18. The van der Waals surface area contributed by atoms with Crippen molar-refractivity contribution in [1.29, 1.82) is 0 Å². The first-order valence-electron chi connectivity index (χ1n) is 10.1. The Morgan fingerprint density at radius 3 is 2.45 bits per heavy atom. The zero-order valence-electron chi connectivity index (χ0n) is 17.2. The van der Waals surface area contributed by atoms with Gasteiger partial charge in [0.05, 0.1) is 11.6 Å². The van der Waals surface area contributed by atoms with Crippen molar-refractivity contribution in [3.63, 3.8) is 0 Å². The summed E-state index contributed by atoms with van der Waals surface area (Å²) in [5, 5.41) is 2.84.